The normalized spacial score (nSPS) is 10.4. The highest BCUT2D eigenvalue weighted by molar-refractivity contribution is 7.99. The largest absolute Gasteiger partial charge is 0.481 e. The molecule has 0 aliphatic carbocycles. The Bertz CT molecular complexity index is 361. The molecule has 0 fully saturated rings. The Balaban J connectivity index is 2.27. The van der Waals surface area contributed by atoms with Gasteiger partial charge in [-0.1, -0.05) is 11.3 Å². The van der Waals surface area contributed by atoms with Crippen LogP contribution >= 0.6 is 34.9 Å². The predicted molar refractivity (Wildman–Crippen MR) is 67.5 cm³/mol. The Labute approximate surface area is 110 Å². The Morgan fingerprint density at radius 3 is 1.76 bits per heavy atom. The van der Waals surface area contributed by atoms with Crippen LogP contribution in [-0.4, -0.2) is 43.9 Å². The molecule has 0 amide bonds. The molecule has 9 heteroatoms. The molecule has 0 bridgehead atoms. The van der Waals surface area contributed by atoms with Gasteiger partial charge in [-0.3, -0.25) is 9.59 Å². The fourth-order valence-corrected chi connectivity index (χ4v) is 3.28. The second-order valence-corrected chi connectivity index (χ2v) is 5.98. The molecule has 0 unspecified atom stereocenters. The molecule has 2 N–H and O–H groups in total. The molecule has 1 aromatic rings. The van der Waals surface area contributed by atoms with Gasteiger partial charge in [-0.25, -0.2) is 0 Å². The zero-order valence-corrected chi connectivity index (χ0v) is 11.1. The van der Waals surface area contributed by atoms with Crippen molar-refractivity contribution in [3.05, 3.63) is 10.0 Å². The molecule has 0 radical (unpaired) electrons. The summed E-state index contributed by atoms with van der Waals surface area (Å²) in [5, 5.41) is 26.2. The van der Waals surface area contributed by atoms with E-state index in [0.29, 0.717) is 11.5 Å². The van der Waals surface area contributed by atoms with Gasteiger partial charge in [0.25, 0.3) is 0 Å². The summed E-state index contributed by atoms with van der Waals surface area (Å²) in [6, 6.07) is 0. The van der Waals surface area contributed by atoms with Gasteiger partial charge in [0, 0.05) is 11.5 Å². The standard InChI is InChI=1S/C8H10N2O4S3/c11-7(12)3-15-1-5-9-10-6(17-5)2-16-4-8(13)14/h1-4H2,(H,11,12)(H,13,14). The molecule has 1 rings (SSSR count). The van der Waals surface area contributed by atoms with E-state index in [0.717, 1.165) is 10.0 Å². The van der Waals surface area contributed by atoms with Crippen LogP contribution in [0, 0.1) is 0 Å². The van der Waals surface area contributed by atoms with E-state index in [1.165, 1.54) is 34.9 Å². The summed E-state index contributed by atoms with van der Waals surface area (Å²) in [6.07, 6.45) is 0. The molecule has 94 valence electrons. The second-order valence-electron chi connectivity index (χ2n) is 2.86. The minimum Gasteiger partial charge on any atom is -0.481 e. The van der Waals surface area contributed by atoms with Crippen LogP contribution in [0.1, 0.15) is 10.0 Å². The Morgan fingerprint density at radius 2 is 1.41 bits per heavy atom. The van der Waals surface area contributed by atoms with Crippen LogP contribution in [0.25, 0.3) is 0 Å². The monoisotopic (exact) mass is 294 g/mol. The van der Waals surface area contributed by atoms with Crippen LogP contribution in [0.5, 0.6) is 0 Å². The number of nitrogens with zero attached hydrogens (tertiary/aromatic N) is 2. The maximum absolute atomic E-state index is 10.3. The summed E-state index contributed by atoms with van der Waals surface area (Å²) in [6.45, 7) is 0. The first-order chi connectivity index (χ1) is 8.08. The second kappa shape index (κ2) is 7.51. The van der Waals surface area contributed by atoms with Gasteiger partial charge < -0.3 is 10.2 Å². The molecule has 0 saturated carbocycles. The van der Waals surface area contributed by atoms with Crippen molar-refractivity contribution >= 4 is 46.8 Å². The van der Waals surface area contributed by atoms with Gasteiger partial charge in [-0.15, -0.1) is 33.7 Å². The fourth-order valence-electron chi connectivity index (χ4n) is 0.856. The highest BCUT2D eigenvalue weighted by atomic mass is 32.2. The minimum atomic E-state index is -0.850. The van der Waals surface area contributed by atoms with E-state index in [-0.39, 0.29) is 11.5 Å². The van der Waals surface area contributed by atoms with Crippen molar-refractivity contribution in [1.82, 2.24) is 10.2 Å². The molecule has 0 aliphatic rings. The molecule has 6 nitrogen and oxygen atoms in total. The average molecular weight is 294 g/mol. The van der Waals surface area contributed by atoms with Crippen molar-refractivity contribution in [3.8, 4) is 0 Å². The maximum atomic E-state index is 10.3. The predicted octanol–water partition coefficient (Wildman–Crippen LogP) is 1.17. The summed E-state index contributed by atoms with van der Waals surface area (Å²) in [5.74, 6) is -0.569. The number of thioether (sulfide) groups is 2. The Morgan fingerprint density at radius 1 is 1.00 bits per heavy atom. The summed E-state index contributed by atoms with van der Waals surface area (Å²) < 4.78 is 0. The van der Waals surface area contributed by atoms with E-state index < -0.39 is 11.9 Å². The number of hydrogen-bond donors (Lipinski definition) is 2. The van der Waals surface area contributed by atoms with Gasteiger partial charge in [0.15, 0.2) is 0 Å². The SMILES string of the molecule is O=C(O)CSCc1nnc(CSCC(=O)O)s1. The number of aliphatic carboxylic acids is 2. The van der Waals surface area contributed by atoms with Crippen LogP contribution < -0.4 is 0 Å². The van der Waals surface area contributed by atoms with Crippen LogP contribution in [0.4, 0.5) is 0 Å². The highest BCUT2D eigenvalue weighted by Crippen LogP contribution is 2.20. The van der Waals surface area contributed by atoms with Gasteiger partial charge in [0.1, 0.15) is 10.0 Å². The summed E-state index contributed by atoms with van der Waals surface area (Å²) in [4.78, 5) is 20.6. The lowest BCUT2D eigenvalue weighted by Crippen LogP contribution is -1.97. The van der Waals surface area contributed by atoms with E-state index in [1.807, 2.05) is 0 Å². The topological polar surface area (TPSA) is 100 Å². The van der Waals surface area contributed by atoms with E-state index in [1.54, 1.807) is 0 Å². The number of rotatable bonds is 8. The summed E-state index contributed by atoms with van der Waals surface area (Å²) in [7, 11) is 0. The van der Waals surface area contributed by atoms with Gasteiger partial charge in [0.05, 0.1) is 11.5 Å². The van der Waals surface area contributed by atoms with Crippen LogP contribution in [0.15, 0.2) is 0 Å². The van der Waals surface area contributed by atoms with Gasteiger partial charge in [-0.2, -0.15) is 0 Å². The molecular formula is C8H10N2O4S3. The van der Waals surface area contributed by atoms with Gasteiger partial charge >= 0.3 is 11.9 Å². The fraction of sp³-hybridized carbons (Fsp3) is 0.500. The minimum absolute atomic E-state index is 0.0443. The molecule has 17 heavy (non-hydrogen) atoms. The molecule has 0 aliphatic heterocycles. The lowest BCUT2D eigenvalue weighted by Gasteiger charge is -1.93. The van der Waals surface area contributed by atoms with Crippen molar-refractivity contribution in [2.75, 3.05) is 11.5 Å². The first-order valence-electron chi connectivity index (χ1n) is 4.48. The van der Waals surface area contributed by atoms with Crippen LogP contribution in [-0.2, 0) is 21.1 Å². The third kappa shape index (κ3) is 6.49. The molecule has 0 atom stereocenters. The molecule has 0 aromatic carbocycles. The first kappa shape index (κ1) is 14.3. The van der Waals surface area contributed by atoms with Crippen molar-refractivity contribution < 1.29 is 19.8 Å². The van der Waals surface area contributed by atoms with Crippen molar-refractivity contribution in [2.45, 2.75) is 11.5 Å². The molecule has 0 saturated heterocycles. The smallest absolute Gasteiger partial charge is 0.313 e. The quantitative estimate of drug-likeness (QED) is 0.737. The van der Waals surface area contributed by atoms with E-state index in [4.69, 9.17) is 10.2 Å². The summed E-state index contributed by atoms with van der Waals surface area (Å²) >= 11 is 3.91. The molecular weight excluding hydrogens is 284 g/mol. The maximum Gasteiger partial charge on any atom is 0.313 e. The lowest BCUT2D eigenvalue weighted by atomic mass is 10.8. The Hall–Kier alpha value is -0.800. The van der Waals surface area contributed by atoms with E-state index >= 15 is 0 Å². The molecule has 1 heterocycles. The zero-order valence-electron chi connectivity index (χ0n) is 8.66. The van der Waals surface area contributed by atoms with Crippen molar-refractivity contribution in [2.24, 2.45) is 0 Å². The summed E-state index contributed by atoms with van der Waals surface area (Å²) in [5.41, 5.74) is 0. The number of carboxylic acids is 2. The van der Waals surface area contributed by atoms with Crippen LogP contribution in [0.3, 0.4) is 0 Å². The number of carboxylic acid groups (broad SMARTS) is 2. The molecule has 1 aromatic heterocycles. The van der Waals surface area contributed by atoms with Gasteiger partial charge in [0.2, 0.25) is 0 Å². The number of aromatic nitrogens is 2. The van der Waals surface area contributed by atoms with Crippen LogP contribution in [0.2, 0.25) is 0 Å². The van der Waals surface area contributed by atoms with Crippen molar-refractivity contribution in [1.29, 1.82) is 0 Å². The lowest BCUT2D eigenvalue weighted by molar-refractivity contribution is -0.134. The number of carbonyl (C=O) groups is 2. The average Bonchev–Trinajstić information content (AvgIpc) is 2.65. The number of hydrogen-bond acceptors (Lipinski definition) is 7. The Kier molecular flexibility index (Phi) is 6.30. The zero-order chi connectivity index (χ0) is 12.7. The van der Waals surface area contributed by atoms with E-state index in [9.17, 15) is 9.59 Å². The highest BCUT2D eigenvalue weighted by Gasteiger charge is 2.06. The van der Waals surface area contributed by atoms with Gasteiger partial charge in [-0.05, 0) is 0 Å². The third-order valence-electron chi connectivity index (χ3n) is 1.41. The first-order valence-corrected chi connectivity index (χ1v) is 7.61. The third-order valence-corrected chi connectivity index (χ3v) is 4.56. The van der Waals surface area contributed by atoms with E-state index in [2.05, 4.69) is 10.2 Å². The van der Waals surface area contributed by atoms with Crippen molar-refractivity contribution in [3.63, 3.8) is 0 Å². The molecule has 0 spiro atoms.